The Morgan fingerprint density at radius 1 is 1.00 bits per heavy atom. The molecule has 4 rings (SSSR count). The van der Waals surface area contributed by atoms with Gasteiger partial charge in [0, 0.05) is 75.9 Å². The number of carbonyl (C=O) groups excluding carboxylic acids is 1. The number of aryl methyl sites for hydroxylation is 1. The van der Waals surface area contributed by atoms with Crippen molar-refractivity contribution in [2.24, 2.45) is 0 Å². The fraction of sp³-hybridized carbons (Fsp3) is 0.360. The van der Waals surface area contributed by atoms with Gasteiger partial charge >= 0.3 is 0 Å². The van der Waals surface area contributed by atoms with Gasteiger partial charge in [0.25, 0.3) is 0 Å². The van der Waals surface area contributed by atoms with Crippen LogP contribution in [0, 0.1) is 0 Å². The molecule has 0 bridgehead atoms. The molecule has 0 aliphatic carbocycles. The van der Waals surface area contributed by atoms with E-state index >= 15 is 0 Å². The van der Waals surface area contributed by atoms with Gasteiger partial charge in [-0.2, -0.15) is 0 Å². The molecule has 1 amide bonds. The molecule has 32 heavy (non-hydrogen) atoms. The molecule has 1 fully saturated rings. The monoisotopic (exact) mass is 433 g/mol. The fourth-order valence-corrected chi connectivity index (χ4v) is 4.02. The van der Waals surface area contributed by atoms with Crippen LogP contribution in [0.15, 0.2) is 67.0 Å². The summed E-state index contributed by atoms with van der Waals surface area (Å²) in [7, 11) is 1.69. The molecule has 168 valence electrons. The van der Waals surface area contributed by atoms with Crippen molar-refractivity contribution in [3.63, 3.8) is 0 Å². The summed E-state index contributed by atoms with van der Waals surface area (Å²) in [6.45, 7) is 6.15. The third kappa shape index (κ3) is 5.68. The van der Waals surface area contributed by atoms with Crippen LogP contribution in [0.3, 0.4) is 0 Å². The molecule has 0 saturated carbocycles. The van der Waals surface area contributed by atoms with Crippen molar-refractivity contribution < 1.29 is 9.53 Å². The normalized spacial score (nSPS) is 14.3. The minimum Gasteiger partial charge on any atom is -0.497 e. The summed E-state index contributed by atoms with van der Waals surface area (Å²) in [6.07, 6.45) is 4.16. The molecule has 7 heteroatoms. The fourth-order valence-electron chi connectivity index (χ4n) is 4.02. The van der Waals surface area contributed by atoms with Crippen molar-refractivity contribution in [3.05, 3.63) is 67.0 Å². The lowest BCUT2D eigenvalue weighted by Gasteiger charge is -2.36. The van der Waals surface area contributed by atoms with Crippen LogP contribution in [0.2, 0.25) is 0 Å². The van der Waals surface area contributed by atoms with Crippen LogP contribution in [-0.2, 0) is 11.3 Å². The molecule has 3 aromatic rings. The Labute approximate surface area is 189 Å². The van der Waals surface area contributed by atoms with E-state index in [2.05, 4.69) is 32.2 Å². The van der Waals surface area contributed by atoms with Crippen LogP contribution in [0.25, 0.3) is 11.4 Å². The second kappa shape index (κ2) is 10.8. The molecule has 0 unspecified atom stereocenters. The number of hydrogen-bond donors (Lipinski definition) is 1. The number of imidazole rings is 1. The van der Waals surface area contributed by atoms with E-state index in [1.54, 1.807) is 13.3 Å². The zero-order chi connectivity index (χ0) is 22.2. The highest BCUT2D eigenvalue weighted by Crippen LogP contribution is 2.20. The number of nitrogens with zero attached hydrogens (tertiary/aromatic N) is 4. The average Bonchev–Trinajstić information content (AvgIpc) is 3.33. The maximum atomic E-state index is 12.3. The molecule has 2 heterocycles. The van der Waals surface area contributed by atoms with Crippen LogP contribution in [0.4, 0.5) is 5.69 Å². The van der Waals surface area contributed by atoms with Crippen molar-refractivity contribution in [2.45, 2.75) is 13.0 Å². The molecular formula is C25H31N5O2. The second-order valence-electron chi connectivity index (χ2n) is 7.94. The van der Waals surface area contributed by atoms with Crippen LogP contribution >= 0.6 is 0 Å². The van der Waals surface area contributed by atoms with E-state index in [-0.39, 0.29) is 5.91 Å². The van der Waals surface area contributed by atoms with Gasteiger partial charge in [0.15, 0.2) is 0 Å². The highest BCUT2D eigenvalue weighted by molar-refractivity contribution is 5.75. The number of anilines is 1. The van der Waals surface area contributed by atoms with Gasteiger partial charge in [0.2, 0.25) is 5.91 Å². The lowest BCUT2D eigenvalue weighted by atomic mass is 10.2. The topological polar surface area (TPSA) is 62.6 Å². The average molecular weight is 434 g/mol. The number of hydrogen-bond acceptors (Lipinski definition) is 5. The van der Waals surface area contributed by atoms with Crippen LogP contribution in [0.5, 0.6) is 5.75 Å². The van der Waals surface area contributed by atoms with Gasteiger partial charge in [-0.25, -0.2) is 4.98 Å². The van der Waals surface area contributed by atoms with E-state index in [9.17, 15) is 4.79 Å². The standard InChI is InChI=1S/C25H31N5O2/c1-32-23-9-7-22(8-10-23)29-19-17-28(18-20-29)15-12-26-24(31)11-14-30-16-13-27-25(30)21-5-3-2-4-6-21/h2-10,13,16H,11-12,14-15,17-20H2,1H3,(H,26,31). The quantitative estimate of drug-likeness (QED) is 0.562. The number of benzene rings is 2. The minimum absolute atomic E-state index is 0.0783. The Balaban J connectivity index is 1.15. The lowest BCUT2D eigenvalue weighted by Crippen LogP contribution is -2.48. The summed E-state index contributed by atoms with van der Waals surface area (Å²) >= 11 is 0. The predicted molar refractivity (Wildman–Crippen MR) is 127 cm³/mol. The van der Waals surface area contributed by atoms with E-state index in [4.69, 9.17) is 4.74 Å². The Hall–Kier alpha value is -3.32. The maximum absolute atomic E-state index is 12.3. The SMILES string of the molecule is COc1ccc(N2CCN(CCNC(=O)CCn3ccnc3-c3ccccc3)CC2)cc1. The Morgan fingerprint density at radius 3 is 2.47 bits per heavy atom. The third-order valence-corrected chi connectivity index (χ3v) is 5.89. The van der Waals surface area contributed by atoms with E-state index in [1.807, 2.05) is 53.2 Å². The number of carbonyl (C=O) groups is 1. The largest absolute Gasteiger partial charge is 0.497 e. The van der Waals surface area contributed by atoms with E-state index in [1.165, 1.54) is 5.69 Å². The van der Waals surface area contributed by atoms with Crippen molar-refractivity contribution >= 4 is 11.6 Å². The van der Waals surface area contributed by atoms with Gasteiger partial charge in [0.1, 0.15) is 11.6 Å². The molecular weight excluding hydrogens is 402 g/mol. The summed E-state index contributed by atoms with van der Waals surface area (Å²) in [6, 6.07) is 18.3. The summed E-state index contributed by atoms with van der Waals surface area (Å²) in [5, 5.41) is 3.07. The molecule has 0 radical (unpaired) electrons. The molecule has 0 atom stereocenters. The zero-order valence-electron chi connectivity index (χ0n) is 18.6. The van der Waals surface area contributed by atoms with Crippen molar-refractivity contribution in [2.75, 3.05) is 51.3 Å². The molecule has 1 N–H and O–H groups in total. The first kappa shape index (κ1) is 21.9. The van der Waals surface area contributed by atoms with Crippen LogP contribution < -0.4 is 15.0 Å². The lowest BCUT2D eigenvalue weighted by molar-refractivity contribution is -0.121. The first-order valence-electron chi connectivity index (χ1n) is 11.2. The van der Waals surface area contributed by atoms with Crippen molar-refractivity contribution in [3.8, 4) is 17.1 Å². The predicted octanol–water partition coefficient (Wildman–Crippen LogP) is 2.89. The molecule has 1 aromatic heterocycles. The Morgan fingerprint density at radius 2 is 1.75 bits per heavy atom. The number of piperazine rings is 1. The first-order valence-corrected chi connectivity index (χ1v) is 11.2. The van der Waals surface area contributed by atoms with Gasteiger partial charge in [-0.3, -0.25) is 9.69 Å². The van der Waals surface area contributed by atoms with Gasteiger partial charge in [-0.1, -0.05) is 30.3 Å². The molecule has 1 saturated heterocycles. The highest BCUT2D eigenvalue weighted by Gasteiger charge is 2.17. The zero-order valence-corrected chi connectivity index (χ0v) is 18.6. The number of amides is 1. The van der Waals surface area contributed by atoms with Gasteiger partial charge in [-0.05, 0) is 24.3 Å². The van der Waals surface area contributed by atoms with E-state index in [0.29, 0.717) is 19.5 Å². The third-order valence-electron chi connectivity index (χ3n) is 5.89. The minimum atomic E-state index is 0.0783. The Bertz CT molecular complexity index is 979. The van der Waals surface area contributed by atoms with E-state index in [0.717, 1.165) is 49.9 Å². The highest BCUT2D eigenvalue weighted by atomic mass is 16.5. The molecule has 2 aromatic carbocycles. The summed E-state index contributed by atoms with van der Waals surface area (Å²) in [4.78, 5) is 21.6. The molecule has 1 aliphatic rings. The summed E-state index contributed by atoms with van der Waals surface area (Å²) < 4.78 is 7.27. The van der Waals surface area contributed by atoms with Crippen molar-refractivity contribution in [1.29, 1.82) is 0 Å². The number of nitrogens with one attached hydrogen (secondary N) is 1. The second-order valence-corrected chi connectivity index (χ2v) is 7.94. The summed E-state index contributed by atoms with van der Waals surface area (Å²) in [5.74, 6) is 1.86. The summed E-state index contributed by atoms with van der Waals surface area (Å²) in [5.41, 5.74) is 2.29. The Kier molecular flexibility index (Phi) is 7.40. The van der Waals surface area contributed by atoms with Gasteiger partial charge in [0.05, 0.1) is 7.11 Å². The van der Waals surface area contributed by atoms with E-state index < -0.39 is 0 Å². The maximum Gasteiger partial charge on any atom is 0.221 e. The number of methoxy groups -OCH3 is 1. The van der Waals surface area contributed by atoms with Crippen LogP contribution in [-0.4, -0.2) is 66.7 Å². The van der Waals surface area contributed by atoms with Crippen LogP contribution in [0.1, 0.15) is 6.42 Å². The molecule has 1 aliphatic heterocycles. The number of ether oxygens (including phenoxy) is 1. The molecule has 0 spiro atoms. The number of aromatic nitrogens is 2. The van der Waals surface area contributed by atoms with Gasteiger partial charge in [-0.15, -0.1) is 0 Å². The molecule has 7 nitrogen and oxygen atoms in total. The first-order chi connectivity index (χ1) is 15.7. The smallest absolute Gasteiger partial charge is 0.221 e. The van der Waals surface area contributed by atoms with Gasteiger partial charge < -0.3 is 19.5 Å². The number of rotatable bonds is 9. The van der Waals surface area contributed by atoms with Crippen molar-refractivity contribution in [1.82, 2.24) is 19.8 Å².